The number of nitrogens with two attached hydrogens (primary N) is 1. The maximum absolute atomic E-state index is 11.1. The molecule has 15 heavy (non-hydrogen) atoms. The number of rotatable bonds is 1. The molecule has 2 aliphatic heterocycles. The molecule has 0 bridgehead atoms. The molecule has 2 aliphatic rings. The Hall–Kier alpha value is -1.51. The number of hydrogen-bond acceptors (Lipinski definition) is 6. The summed E-state index contributed by atoms with van der Waals surface area (Å²) in [7, 11) is 0. The minimum Gasteiger partial charge on any atom is -0.388 e. The molecule has 5 N–H and O–H groups in total. The zero-order chi connectivity index (χ0) is 11.0. The lowest BCUT2D eigenvalue weighted by Gasteiger charge is -2.09. The molecule has 2 rings (SSSR count). The van der Waals surface area contributed by atoms with E-state index >= 15 is 0 Å². The zero-order valence-electron chi connectivity index (χ0n) is 7.62. The number of carbonyl (C=O) groups is 1. The highest BCUT2D eigenvalue weighted by molar-refractivity contribution is 6.46. The molecule has 0 saturated carbocycles. The van der Waals surface area contributed by atoms with E-state index in [0.29, 0.717) is 0 Å². The van der Waals surface area contributed by atoms with Crippen molar-refractivity contribution in [3.8, 4) is 0 Å². The van der Waals surface area contributed by atoms with Crippen LogP contribution in [0.15, 0.2) is 9.98 Å². The van der Waals surface area contributed by atoms with Crippen molar-refractivity contribution in [3.63, 3.8) is 0 Å². The van der Waals surface area contributed by atoms with Crippen LogP contribution >= 0.6 is 0 Å². The molecule has 0 aromatic carbocycles. The van der Waals surface area contributed by atoms with E-state index in [0.717, 1.165) is 0 Å². The van der Waals surface area contributed by atoms with Crippen LogP contribution in [0.4, 0.5) is 0 Å². The fourth-order valence-electron chi connectivity index (χ4n) is 1.27. The maximum atomic E-state index is 11.1. The molecule has 1 saturated heterocycles. The molecular weight excluding hydrogens is 204 g/mol. The Morgan fingerprint density at radius 1 is 1.60 bits per heavy atom. The van der Waals surface area contributed by atoms with Crippen LogP contribution in [0.1, 0.15) is 0 Å². The third-order valence-corrected chi connectivity index (χ3v) is 2.04. The van der Waals surface area contributed by atoms with Crippen LogP contribution in [0, 0.1) is 0 Å². The number of nitrogens with zero attached hydrogens (tertiary/aromatic N) is 2. The van der Waals surface area contributed by atoms with Gasteiger partial charge in [-0.2, -0.15) is 4.99 Å². The van der Waals surface area contributed by atoms with E-state index in [-0.39, 0.29) is 18.4 Å². The third kappa shape index (κ3) is 1.82. The molecule has 0 spiro atoms. The van der Waals surface area contributed by atoms with E-state index < -0.39 is 24.3 Å². The molecule has 82 valence electrons. The Bertz CT molecular complexity index is 353. The Morgan fingerprint density at radius 3 is 2.80 bits per heavy atom. The first-order valence-electron chi connectivity index (χ1n) is 4.29. The summed E-state index contributed by atoms with van der Waals surface area (Å²) < 4.78 is 4.95. The lowest BCUT2D eigenvalue weighted by Crippen LogP contribution is -2.33. The smallest absolute Gasteiger partial charge is 0.295 e. The van der Waals surface area contributed by atoms with E-state index in [4.69, 9.17) is 15.6 Å². The van der Waals surface area contributed by atoms with Gasteiger partial charge in [-0.05, 0) is 0 Å². The summed E-state index contributed by atoms with van der Waals surface area (Å²) in [6.07, 6.45) is -3.12. The number of amidine groups is 1. The van der Waals surface area contributed by atoms with Crippen LogP contribution in [0.3, 0.4) is 0 Å². The van der Waals surface area contributed by atoms with Crippen molar-refractivity contribution >= 4 is 17.7 Å². The first kappa shape index (κ1) is 10.0. The topological polar surface area (TPSA) is 130 Å². The summed E-state index contributed by atoms with van der Waals surface area (Å²) in [5.41, 5.74) is 5.24. The number of aliphatic hydroxyl groups excluding tert-OH is 2. The van der Waals surface area contributed by atoms with Gasteiger partial charge in [0.25, 0.3) is 5.91 Å². The first-order valence-corrected chi connectivity index (χ1v) is 4.29. The highest BCUT2D eigenvalue weighted by Gasteiger charge is 2.35. The molecule has 0 aliphatic carbocycles. The second-order valence-electron chi connectivity index (χ2n) is 3.19. The number of hydrogen-bond donors (Lipinski definition) is 4. The van der Waals surface area contributed by atoms with Crippen LogP contribution in [0.2, 0.25) is 0 Å². The van der Waals surface area contributed by atoms with Gasteiger partial charge in [0.15, 0.2) is 6.23 Å². The number of nitrogens with one attached hydrogen (secondary N) is 1. The number of carbonyl (C=O) groups excluding carboxylic acids is 1. The monoisotopic (exact) mass is 214 g/mol. The van der Waals surface area contributed by atoms with Gasteiger partial charge in [-0.1, -0.05) is 0 Å². The average Bonchev–Trinajstić information content (AvgIpc) is 2.64. The van der Waals surface area contributed by atoms with Gasteiger partial charge in [0.05, 0.1) is 6.61 Å². The van der Waals surface area contributed by atoms with Gasteiger partial charge in [-0.25, -0.2) is 4.99 Å². The summed E-state index contributed by atoms with van der Waals surface area (Å²) in [5, 5.41) is 20.8. The molecule has 0 radical (unpaired) electrons. The zero-order valence-corrected chi connectivity index (χ0v) is 7.62. The number of aliphatic hydroxyl groups is 2. The normalized spacial score (nSPS) is 38.3. The number of amides is 1. The molecule has 2 heterocycles. The van der Waals surface area contributed by atoms with Crippen molar-refractivity contribution in [2.75, 3.05) is 6.61 Å². The Balaban J connectivity index is 2.14. The molecule has 0 unspecified atom stereocenters. The van der Waals surface area contributed by atoms with Crippen molar-refractivity contribution in [1.82, 2.24) is 5.32 Å². The SMILES string of the molecule is NC1=NC(=N[C@@H]2OC[C@@H](O)[C@H]2O)C(=O)N1. The Morgan fingerprint density at radius 2 is 2.33 bits per heavy atom. The number of ether oxygens (including phenoxy) is 1. The average molecular weight is 214 g/mol. The third-order valence-electron chi connectivity index (χ3n) is 2.04. The van der Waals surface area contributed by atoms with Crippen LogP contribution in [-0.4, -0.2) is 53.0 Å². The largest absolute Gasteiger partial charge is 0.388 e. The highest BCUT2D eigenvalue weighted by Crippen LogP contribution is 2.15. The van der Waals surface area contributed by atoms with Crippen molar-refractivity contribution < 1.29 is 19.7 Å². The van der Waals surface area contributed by atoms with E-state index in [9.17, 15) is 9.90 Å². The van der Waals surface area contributed by atoms with E-state index in [2.05, 4.69) is 15.3 Å². The lowest BCUT2D eigenvalue weighted by molar-refractivity contribution is -0.113. The minimum atomic E-state index is -1.15. The van der Waals surface area contributed by atoms with Crippen molar-refractivity contribution in [1.29, 1.82) is 0 Å². The summed E-state index contributed by atoms with van der Waals surface area (Å²) in [6.45, 7) is -0.0244. The van der Waals surface area contributed by atoms with Gasteiger partial charge >= 0.3 is 0 Å². The van der Waals surface area contributed by atoms with Gasteiger partial charge in [-0.3, -0.25) is 10.1 Å². The van der Waals surface area contributed by atoms with Gasteiger partial charge < -0.3 is 20.7 Å². The van der Waals surface area contributed by atoms with Crippen LogP contribution in [0.5, 0.6) is 0 Å². The summed E-state index contributed by atoms with van der Waals surface area (Å²) in [6, 6.07) is 0. The van der Waals surface area contributed by atoms with Crippen LogP contribution < -0.4 is 11.1 Å². The second-order valence-corrected chi connectivity index (χ2v) is 3.19. The van der Waals surface area contributed by atoms with Crippen molar-refractivity contribution in [2.24, 2.45) is 15.7 Å². The molecule has 0 aromatic rings. The molecular formula is C7H10N4O4. The van der Waals surface area contributed by atoms with E-state index in [1.165, 1.54) is 0 Å². The fraction of sp³-hybridized carbons (Fsp3) is 0.571. The van der Waals surface area contributed by atoms with Crippen molar-refractivity contribution in [3.05, 3.63) is 0 Å². The van der Waals surface area contributed by atoms with E-state index in [1.807, 2.05) is 0 Å². The molecule has 1 amide bonds. The maximum Gasteiger partial charge on any atom is 0.295 e. The van der Waals surface area contributed by atoms with Gasteiger partial charge in [-0.15, -0.1) is 0 Å². The summed E-state index contributed by atoms with van der Waals surface area (Å²) in [4.78, 5) is 18.5. The summed E-state index contributed by atoms with van der Waals surface area (Å²) >= 11 is 0. The van der Waals surface area contributed by atoms with Gasteiger partial charge in [0.2, 0.25) is 11.8 Å². The quantitative estimate of drug-likeness (QED) is 0.367. The first-order chi connectivity index (χ1) is 7.08. The molecule has 0 aromatic heterocycles. The highest BCUT2D eigenvalue weighted by atomic mass is 16.5. The fourth-order valence-corrected chi connectivity index (χ4v) is 1.27. The minimum absolute atomic E-state index is 0.0244. The van der Waals surface area contributed by atoms with Crippen LogP contribution in [0.25, 0.3) is 0 Å². The predicted molar refractivity (Wildman–Crippen MR) is 49.0 cm³/mol. The molecule has 8 nitrogen and oxygen atoms in total. The predicted octanol–water partition coefficient (Wildman–Crippen LogP) is -3.09. The van der Waals surface area contributed by atoms with Crippen LogP contribution in [-0.2, 0) is 9.53 Å². The second kappa shape index (κ2) is 3.57. The lowest BCUT2D eigenvalue weighted by atomic mass is 10.2. The van der Waals surface area contributed by atoms with Gasteiger partial charge in [0.1, 0.15) is 12.2 Å². The summed E-state index contributed by atoms with van der Waals surface area (Å²) in [5.74, 6) is -0.762. The molecule has 8 heteroatoms. The van der Waals surface area contributed by atoms with E-state index in [1.54, 1.807) is 0 Å². The van der Waals surface area contributed by atoms with Gasteiger partial charge in [0, 0.05) is 0 Å². The number of aliphatic imine (C=N–C) groups is 2. The molecule has 1 fully saturated rings. The Labute approximate surface area is 84.5 Å². The Kier molecular flexibility index (Phi) is 2.39. The standard InChI is InChI=1S/C7H10N4O4/c8-7-10-4(5(14)11-7)9-6-3(13)2(12)1-15-6/h2-3,6,12-13H,1H2,(H3,8,9,10,11,14)/t2-,3-,6-/m1/s1. The number of guanidine groups is 1. The molecule has 3 atom stereocenters. The van der Waals surface area contributed by atoms with Crippen molar-refractivity contribution in [2.45, 2.75) is 18.4 Å².